The summed E-state index contributed by atoms with van der Waals surface area (Å²) < 4.78 is 0.383. The zero-order chi connectivity index (χ0) is 15.7. The van der Waals surface area contributed by atoms with E-state index in [2.05, 4.69) is 56.4 Å². The predicted octanol–water partition coefficient (Wildman–Crippen LogP) is 6.10. The molecule has 2 fully saturated rings. The van der Waals surface area contributed by atoms with Gasteiger partial charge in [0.25, 0.3) is 0 Å². The van der Waals surface area contributed by atoms with Gasteiger partial charge in [-0.05, 0) is 56.3 Å². The summed E-state index contributed by atoms with van der Waals surface area (Å²) in [5, 5.41) is 0. The number of alkyl halides is 1. The fraction of sp³-hybridized carbons (Fsp3) is 0.842. The lowest BCUT2D eigenvalue weighted by Crippen LogP contribution is -2.47. The molecule has 0 spiro atoms. The van der Waals surface area contributed by atoms with Gasteiger partial charge in [0.15, 0.2) is 0 Å². The second-order valence-electron chi connectivity index (χ2n) is 8.33. The summed E-state index contributed by atoms with van der Waals surface area (Å²) in [5.41, 5.74) is 1.85. The molecular weight excluding hydrogens is 371 g/mol. The molecule has 2 rings (SSSR count). The van der Waals surface area contributed by atoms with E-state index in [1.165, 1.54) is 51.2 Å². The molecule has 2 aliphatic carbocycles. The zero-order valence-electron chi connectivity index (χ0n) is 14.2. The summed E-state index contributed by atoms with van der Waals surface area (Å²) in [6.45, 7) is 9.26. The Morgan fingerprint density at radius 1 is 1.29 bits per heavy atom. The van der Waals surface area contributed by atoms with Gasteiger partial charge >= 0.3 is 0 Å². The van der Waals surface area contributed by atoms with E-state index in [9.17, 15) is 4.79 Å². The lowest BCUT2D eigenvalue weighted by atomic mass is 9.50. The van der Waals surface area contributed by atoms with Crippen LogP contribution in [-0.4, -0.2) is 9.71 Å². The van der Waals surface area contributed by atoms with Gasteiger partial charge in [-0.25, -0.2) is 0 Å². The highest BCUT2D eigenvalue weighted by Crippen LogP contribution is 2.59. The molecule has 2 aliphatic rings. The summed E-state index contributed by atoms with van der Waals surface area (Å²) in [6, 6.07) is 0. The number of hydrogen-bond acceptors (Lipinski definition) is 1. The molecule has 1 unspecified atom stereocenters. The van der Waals surface area contributed by atoms with E-state index < -0.39 is 0 Å². The second kappa shape index (κ2) is 6.33. The molecular formula is C19H31IO. The Balaban J connectivity index is 2.20. The van der Waals surface area contributed by atoms with E-state index in [1.807, 2.05) is 0 Å². The van der Waals surface area contributed by atoms with Gasteiger partial charge in [0.05, 0.1) is 0 Å². The van der Waals surface area contributed by atoms with Gasteiger partial charge in [-0.1, -0.05) is 68.4 Å². The summed E-state index contributed by atoms with van der Waals surface area (Å²) in [7, 11) is 0. The van der Waals surface area contributed by atoms with E-state index >= 15 is 0 Å². The first-order chi connectivity index (χ1) is 9.71. The smallest absolute Gasteiger partial charge is 0.126 e. The minimum absolute atomic E-state index is 0.0883. The van der Waals surface area contributed by atoms with Crippen molar-refractivity contribution in [2.45, 2.75) is 82.5 Å². The third-order valence-corrected chi connectivity index (χ3v) is 6.59. The van der Waals surface area contributed by atoms with Crippen molar-refractivity contribution in [3.05, 3.63) is 11.6 Å². The molecule has 1 nitrogen and oxygen atoms in total. The van der Waals surface area contributed by atoms with Crippen molar-refractivity contribution in [3.8, 4) is 0 Å². The Labute approximate surface area is 144 Å². The van der Waals surface area contributed by atoms with E-state index in [0.717, 1.165) is 6.42 Å². The molecule has 120 valence electrons. The van der Waals surface area contributed by atoms with Crippen LogP contribution in [0.1, 0.15) is 79.1 Å². The quantitative estimate of drug-likeness (QED) is 0.240. The van der Waals surface area contributed by atoms with E-state index in [-0.39, 0.29) is 10.8 Å². The minimum atomic E-state index is -0.0883. The lowest BCUT2D eigenvalue weighted by molar-refractivity contribution is -0.125. The van der Waals surface area contributed by atoms with Crippen LogP contribution < -0.4 is 0 Å². The van der Waals surface area contributed by atoms with Crippen LogP contribution in [0.4, 0.5) is 0 Å². The molecule has 0 bridgehead atoms. The molecule has 0 N–H and O–H groups in total. The van der Waals surface area contributed by atoms with E-state index in [1.54, 1.807) is 5.57 Å². The van der Waals surface area contributed by atoms with Crippen molar-refractivity contribution in [2.24, 2.45) is 16.7 Å². The summed E-state index contributed by atoms with van der Waals surface area (Å²) in [5.74, 6) is 0.559. The number of carbonyl (C=O) groups excluding carboxylic acids is 1. The monoisotopic (exact) mass is 402 g/mol. The first kappa shape index (κ1) is 17.5. The summed E-state index contributed by atoms with van der Waals surface area (Å²) in [4.78, 5) is 11.7. The Bertz CT molecular complexity index is 420. The van der Waals surface area contributed by atoms with Crippen LogP contribution in [0, 0.1) is 16.7 Å². The molecule has 0 radical (unpaired) electrons. The first-order valence-corrected chi connectivity index (χ1v) is 9.64. The Hall–Kier alpha value is 0.140. The molecule has 2 saturated carbocycles. The Morgan fingerprint density at radius 3 is 2.62 bits per heavy atom. The fourth-order valence-electron chi connectivity index (χ4n) is 4.79. The number of hydrogen-bond donors (Lipinski definition) is 0. The third-order valence-electron chi connectivity index (χ3n) is 6.05. The number of aldehydes is 1. The SMILES string of the molecule is CC(C)(I)CC/C=C1\CCCC2[C@@]1(C)CCC[C@@]2(C)C=O. The van der Waals surface area contributed by atoms with Crippen molar-refractivity contribution < 1.29 is 4.79 Å². The maximum atomic E-state index is 11.7. The number of fused-ring (bicyclic) bond motifs is 1. The average molecular weight is 402 g/mol. The molecule has 0 aromatic carbocycles. The number of carbonyl (C=O) groups is 1. The number of halogens is 1. The van der Waals surface area contributed by atoms with Crippen molar-refractivity contribution in [3.63, 3.8) is 0 Å². The third kappa shape index (κ3) is 3.73. The van der Waals surface area contributed by atoms with Gasteiger partial charge in [0, 0.05) is 8.84 Å². The molecule has 0 aromatic heterocycles. The molecule has 0 saturated heterocycles. The molecule has 0 aliphatic heterocycles. The average Bonchev–Trinajstić information content (AvgIpc) is 2.38. The molecule has 0 amide bonds. The van der Waals surface area contributed by atoms with Gasteiger partial charge in [0.1, 0.15) is 6.29 Å². The summed E-state index contributed by atoms with van der Waals surface area (Å²) >= 11 is 2.55. The highest BCUT2D eigenvalue weighted by Gasteiger charge is 2.51. The van der Waals surface area contributed by atoms with Crippen molar-refractivity contribution >= 4 is 28.9 Å². The highest BCUT2D eigenvalue weighted by molar-refractivity contribution is 14.1. The van der Waals surface area contributed by atoms with E-state index in [4.69, 9.17) is 0 Å². The van der Waals surface area contributed by atoms with Gasteiger partial charge < -0.3 is 4.79 Å². The van der Waals surface area contributed by atoms with E-state index in [0.29, 0.717) is 9.34 Å². The van der Waals surface area contributed by atoms with Gasteiger partial charge in [-0.2, -0.15) is 0 Å². The van der Waals surface area contributed by atoms with Crippen LogP contribution in [0.5, 0.6) is 0 Å². The zero-order valence-corrected chi connectivity index (χ0v) is 16.3. The molecule has 2 heteroatoms. The van der Waals surface area contributed by atoms with Gasteiger partial charge in [-0.3, -0.25) is 0 Å². The highest BCUT2D eigenvalue weighted by atomic mass is 127. The maximum absolute atomic E-state index is 11.7. The summed E-state index contributed by atoms with van der Waals surface area (Å²) in [6.07, 6.45) is 13.6. The van der Waals surface area contributed by atoms with Crippen LogP contribution in [-0.2, 0) is 4.79 Å². The van der Waals surface area contributed by atoms with Gasteiger partial charge in [0.2, 0.25) is 0 Å². The van der Waals surface area contributed by atoms with Crippen LogP contribution in [0.25, 0.3) is 0 Å². The lowest BCUT2D eigenvalue weighted by Gasteiger charge is -2.54. The maximum Gasteiger partial charge on any atom is 0.126 e. The fourth-order valence-corrected chi connectivity index (χ4v) is 5.10. The largest absolute Gasteiger partial charge is 0.303 e. The van der Waals surface area contributed by atoms with Crippen LogP contribution in [0.15, 0.2) is 11.6 Å². The van der Waals surface area contributed by atoms with Crippen molar-refractivity contribution in [1.82, 2.24) is 0 Å². The molecule has 21 heavy (non-hydrogen) atoms. The topological polar surface area (TPSA) is 17.1 Å². The first-order valence-electron chi connectivity index (χ1n) is 8.56. The van der Waals surface area contributed by atoms with Gasteiger partial charge in [-0.15, -0.1) is 0 Å². The standard InChI is InChI=1S/C19H31IO/c1-17(2,20)11-6-9-15-8-5-10-16-18(3,14-21)12-7-13-19(15,16)4/h9,14,16H,5-8,10-13H2,1-4H3/b15-9+/t16?,18-,19-/m0/s1. The molecule has 0 heterocycles. The minimum Gasteiger partial charge on any atom is -0.303 e. The second-order valence-corrected chi connectivity index (χ2v) is 11.2. The Kier molecular flexibility index (Phi) is 5.27. The number of allylic oxidation sites excluding steroid dienone is 2. The van der Waals surface area contributed by atoms with Crippen LogP contribution in [0.3, 0.4) is 0 Å². The molecule has 0 aromatic rings. The predicted molar refractivity (Wildman–Crippen MR) is 98.9 cm³/mol. The normalized spacial score (nSPS) is 39.1. The Morgan fingerprint density at radius 2 is 2.00 bits per heavy atom. The number of rotatable bonds is 4. The molecule has 3 atom stereocenters. The van der Waals surface area contributed by atoms with Crippen molar-refractivity contribution in [1.29, 1.82) is 0 Å². The van der Waals surface area contributed by atoms with Crippen LogP contribution in [0.2, 0.25) is 0 Å². The van der Waals surface area contributed by atoms with Crippen molar-refractivity contribution in [2.75, 3.05) is 0 Å². The van der Waals surface area contributed by atoms with Crippen LogP contribution >= 0.6 is 22.6 Å².